The Bertz CT molecular complexity index is 861. The van der Waals surface area contributed by atoms with Crippen LogP contribution >= 0.6 is 0 Å². The second-order valence-electron chi connectivity index (χ2n) is 9.54. The van der Waals surface area contributed by atoms with Gasteiger partial charge in [0.2, 0.25) is 11.6 Å². The second kappa shape index (κ2) is 13.9. The fourth-order valence-corrected chi connectivity index (χ4v) is 1.52. The third kappa shape index (κ3) is 10.6. The van der Waals surface area contributed by atoms with Gasteiger partial charge in [0.05, 0.1) is 0 Å². The summed E-state index contributed by atoms with van der Waals surface area (Å²) in [5, 5.41) is 22.3. The summed E-state index contributed by atoms with van der Waals surface area (Å²) >= 11 is 0. The number of rotatable bonds is 6. The van der Waals surface area contributed by atoms with Crippen LogP contribution in [0, 0.1) is 10.8 Å². The van der Waals surface area contributed by atoms with Gasteiger partial charge in [0.1, 0.15) is 0 Å². The molecule has 0 heterocycles. The van der Waals surface area contributed by atoms with E-state index in [2.05, 4.69) is 0 Å². The van der Waals surface area contributed by atoms with E-state index in [1.807, 2.05) is 0 Å². The number of carbonyl (C=O) groups excluding carboxylic acids is 2. The maximum absolute atomic E-state index is 12.8. The summed E-state index contributed by atoms with van der Waals surface area (Å²) in [5.74, 6) is -33.5. The molecule has 232 valence electrons. The van der Waals surface area contributed by atoms with Gasteiger partial charge in [-0.1, -0.05) is 41.5 Å². The molecule has 0 radical (unpaired) electrons. The molecular formula is C20H22F14O5Sr. The molecule has 0 bridgehead atoms. The molecule has 0 aromatic heterocycles. The van der Waals surface area contributed by atoms with E-state index in [0.717, 1.165) is 0 Å². The first-order valence-electron chi connectivity index (χ1n) is 9.62. The second-order valence-corrected chi connectivity index (χ2v) is 9.54. The third-order valence-corrected chi connectivity index (χ3v) is 4.12. The normalized spacial score (nSPS) is 14.8. The fraction of sp³-hybridized carbons (Fsp3) is 0.700. The number of alkyl halides is 14. The fourth-order valence-electron chi connectivity index (χ4n) is 1.52. The van der Waals surface area contributed by atoms with E-state index in [1.54, 1.807) is 0 Å². The van der Waals surface area contributed by atoms with Crippen molar-refractivity contribution in [1.82, 2.24) is 0 Å². The smallest absolute Gasteiger partial charge is 0.875 e. The van der Waals surface area contributed by atoms with E-state index in [1.165, 1.54) is 41.5 Å². The van der Waals surface area contributed by atoms with Crippen LogP contribution in [0.2, 0.25) is 0 Å². The average molecular weight is 696 g/mol. The molecule has 0 fully saturated rings. The molecular weight excluding hydrogens is 674 g/mol. The Morgan fingerprint density at radius 1 is 0.500 bits per heavy atom. The van der Waals surface area contributed by atoms with Crippen molar-refractivity contribution < 1.29 is 86.7 Å². The van der Waals surface area contributed by atoms with Gasteiger partial charge in [-0.3, -0.25) is 9.59 Å². The topological polar surface area (TPSA) is 112 Å². The quantitative estimate of drug-likeness (QED) is 0.180. The molecule has 5 nitrogen and oxygen atoms in total. The van der Waals surface area contributed by atoms with Gasteiger partial charge in [-0.2, -0.15) is 61.5 Å². The SMILES string of the molecule is CC(C)(C)/C([O-])=C/C(=O)C(F)(F)C(F)(F)C(F)(F)F.CC(C)(C)/C([O-])=C/C(=O)C(F)(F)C(F)(F)C(F)(F)F.O.[Sr+2]. The van der Waals surface area contributed by atoms with E-state index in [9.17, 15) is 81.3 Å². The van der Waals surface area contributed by atoms with E-state index in [0.29, 0.717) is 0 Å². The Morgan fingerprint density at radius 2 is 0.675 bits per heavy atom. The molecule has 0 aliphatic heterocycles. The van der Waals surface area contributed by atoms with Crippen molar-refractivity contribution in [1.29, 1.82) is 0 Å². The third-order valence-electron chi connectivity index (χ3n) is 4.12. The molecule has 0 aromatic rings. The van der Waals surface area contributed by atoms with Gasteiger partial charge in [-0.05, 0) is 23.0 Å². The van der Waals surface area contributed by atoms with Crippen LogP contribution in [0.3, 0.4) is 0 Å². The van der Waals surface area contributed by atoms with Crippen LogP contribution in [0.1, 0.15) is 41.5 Å². The van der Waals surface area contributed by atoms with Crippen LogP contribution in [0.25, 0.3) is 0 Å². The van der Waals surface area contributed by atoms with E-state index < -0.39 is 82.1 Å². The summed E-state index contributed by atoms with van der Waals surface area (Å²) in [4.78, 5) is 21.6. The minimum Gasteiger partial charge on any atom is -0.875 e. The van der Waals surface area contributed by atoms with Gasteiger partial charge < -0.3 is 15.7 Å². The Labute approximate surface area is 254 Å². The van der Waals surface area contributed by atoms with Crippen molar-refractivity contribution in [3.8, 4) is 0 Å². The Hall–Kier alpha value is -1.12. The van der Waals surface area contributed by atoms with Crippen molar-refractivity contribution in [2.75, 3.05) is 0 Å². The molecule has 2 N–H and O–H groups in total. The number of hydrogen-bond acceptors (Lipinski definition) is 4. The van der Waals surface area contributed by atoms with Crippen LogP contribution in [0.4, 0.5) is 61.5 Å². The van der Waals surface area contributed by atoms with Crippen molar-refractivity contribution >= 4 is 57.0 Å². The molecule has 0 amide bonds. The molecule has 0 aromatic carbocycles. The summed E-state index contributed by atoms with van der Waals surface area (Å²) in [5.41, 5.74) is -2.72. The summed E-state index contributed by atoms with van der Waals surface area (Å²) in [6.45, 7) is 7.08. The summed E-state index contributed by atoms with van der Waals surface area (Å²) in [6, 6.07) is 0. The van der Waals surface area contributed by atoms with Crippen LogP contribution < -0.4 is 10.2 Å². The van der Waals surface area contributed by atoms with E-state index in [4.69, 9.17) is 0 Å². The van der Waals surface area contributed by atoms with Crippen molar-refractivity contribution in [3.05, 3.63) is 23.7 Å². The molecule has 0 aliphatic carbocycles. The minimum absolute atomic E-state index is 0. The number of halogens is 14. The Morgan fingerprint density at radius 3 is 0.800 bits per heavy atom. The maximum Gasteiger partial charge on any atom is 2.00 e. The number of carbonyl (C=O) groups is 2. The summed E-state index contributed by atoms with van der Waals surface area (Å²) < 4.78 is 172. The van der Waals surface area contributed by atoms with Crippen LogP contribution in [-0.2, 0) is 9.59 Å². The molecule has 40 heavy (non-hydrogen) atoms. The molecule has 0 unspecified atom stereocenters. The van der Waals surface area contributed by atoms with Gasteiger partial charge in [0.15, 0.2) is 0 Å². The standard InChI is InChI=1S/2C10H11F7O2.H2O.Sr/c2*1-7(2,3)5(18)4-6(19)8(11,12)9(13,14)10(15,16)17;;/h2*4,18H,1-3H3;1H2;/q;;;+2/p-2/b2*5-4-;;. The molecule has 0 atom stereocenters. The van der Waals surface area contributed by atoms with E-state index in [-0.39, 0.29) is 51.0 Å². The van der Waals surface area contributed by atoms with Crippen molar-refractivity contribution in [3.63, 3.8) is 0 Å². The van der Waals surface area contributed by atoms with Crippen LogP contribution in [0.15, 0.2) is 23.7 Å². The molecule has 0 spiro atoms. The van der Waals surface area contributed by atoms with Gasteiger partial charge >= 0.3 is 81.5 Å². The first-order chi connectivity index (χ1) is 16.1. The number of ketones is 2. The predicted molar refractivity (Wildman–Crippen MR) is 106 cm³/mol. The Balaban J connectivity index is -0.000000309. The zero-order valence-corrected chi connectivity index (χ0v) is 24.8. The summed E-state index contributed by atoms with van der Waals surface area (Å²) in [7, 11) is 0. The van der Waals surface area contributed by atoms with Crippen molar-refractivity contribution in [2.45, 2.75) is 77.6 Å². The van der Waals surface area contributed by atoms with E-state index >= 15 is 0 Å². The van der Waals surface area contributed by atoms with Crippen LogP contribution in [-0.4, -0.2) is 98.6 Å². The van der Waals surface area contributed by atoms with Crippen LogP contribution in [0.5, 0.6) is 0 Å². The zero-order valence-electron chi connectivity index (χ0n) is 21.3. The van der Waals surface area contributed by atoms with Crippen molar-refractivity contribution in [2.24, 2.45) is 10.8 Å². The number of allylic oxidation sites excluding steroid dienone is 4. The van der Waals surface area contributed by atoms with Gasteiger partial charge in [-0.15, -0.1) is 11.5 Å². The molecule has 0 rings (SSSR count). The summed E-state index contributed by atoms with van der Waals surface area (Å²) in [6.07, 6.45) is -14.1. The molecule has 0 aliphatic rings. The minimum atomic E-state index is -6.61. The Kier molecular flexibility index (Phi) is 15.9. The average Bonchev–Trinajstić information content (AvgIpc) is 2.64. The first kappa shape index (κ1) is 45.9. The molecule has 0 saturated heterocycles. The monoisotopic (exact) mass is 696 g/mol. The van der Waals surface area contributed by atoms with Gasteiger partial charge in [0, 0.05) is 0 Å². The van der Waals surface area contributed by atoms with Gasteiger partial charge in [-0.25, -0.2) is 0 Å². The largest absolute Gasteiger partial charge is 2.00 e. The molecule has 20 heteroatoms. The molecule has 0 saturated carbocycles. The maximum atomic E-state index is 12.8. The first-order valence-corrected chi connectivity index (χ1v) is 9.62. The number of hydrogen-bond donors (Lipinski definition) is 0. The van der Waals surface area contributed by atoms with Gasteiger partial charge in [0.25, 0.3) is 0 Å². The zero-order chi connectivity index (χ0) is 31.7. The predicted octanol–water partition coefficient (Wildman–Crippen LogP) is 4.15.